The van der Waals surface area contributed by atoms with Crippen molar-refractivity contribution >= 4 is 51.6 Å². The highest BCUT2D eigenvalue weighted by Crippen LogP contribution is 2.34. The second-order valence-corrected chi connectivity index (χ2v) is 5.98. The Kier molecular flexibility index (Phi) is 4.78. The van der Waals surface area contributed by atoms with Crippen molar-refractivity contribution in [3.63, 3.8) is 0 Å². The summed E-state index contributed by atoms with van der Waals surface area (Å²) in [4.78, 5) is 15.8. The van der Waals surface area contributed by atoms with E-state index < -0.39 is 5.97 Å². The Balaban J connectivity index is 0.00000196. The number of nitrogens with zero attached hydrogens (tertiary/aromatic N) is 1. The molecule has 4 rings (SSSR count). The molecule has 0 aliphatic rings. The van der Waals surface area contributed by atoms with Crippen LogP contribution in [0.15, 0.2) is 66.7 Å². The van der Waals surface area contributed by atoms with Gasteiger partial charge in [0, 0.05) is 16.5 Å². The Bertz CT molecular complexity index is 1110. The molecule has 5 heteroatoms. The molecule has 1 heterocycles. The molecule has 0 spiro atoms. The standard InChI is InChI=1S/C21H16N2O2.ClH/c1-13-5-4-7-17-19(13)23-18-8-3-2-6-16(18)20(17)22-15-11-9-14(10-12-15)21(24)25;/h2-12H,1H3,(H,22,23)(H,24,25);1H. The number of hydrogen-bond acceptors (Lipinski definition) is 3. The zero-order valence-corrected chi connectivity index (χ0v) is 14.9. The summed E-state index contributed by atoms with van der Waals surface area (Å²) in [6.45, 7) is 2.05. The summed E-state index contributed by atoms with van der Waals surface area (Å²) in [7, 11) is 0. The van der Waals surface area contributed by atoms with E-state index in [4.69, 9.17) is 10.1 Å². The predicted octanol–water partition coefficient (Wildman–Crippen LogP) is 5.56. The number of benzene rings is 3. The van der Waals surface area contributed by atoms with Crippen molar-refractivity contribution in [2.24, 2.45) is 0 Å². The summed E-state index contributed by atoms with van der Waals surface area (Å²) < 4.78 is 0. The van der Waals surface area contributed by atoms with E-state index in [0.717, 1.165) is 38.7 Å². The van der Waals surface area contributed by atoms with E-state index in [9.17, 15) is 4.79 Å². The molecule has 0 aliphatic carbocycles. The van der Waals surface area contributed by atoms with Crippen molar-refractivity contribution in [2.75, 3.05) is 5.32 Å². The number of halogens is 1. The van der Waals surface area contributed by atoms with E-state index in [1.807, 2.05) is 30.3 Å². The molecule has 0 aliphatic heterocycles. The number of fused-ring (bicyclic) bond motifs is 2. The van der Waals surface area contributed by atoms with Gasteiger partial charge in [0.25, 0.3) is 0 Å². The van der Waals surface area contributed by atoms with E-state index in [1.165, 1.54) is 0 Å². The van der Waals surface area contributed by atoms with Crippen LogP contribution in [-0.4, -0.2) is 16.1 Å². The van der Waals surface area contributed by atoms with Gasteiger partial charge in [0.1, 0.15) is 0 Å². The van der Waals surface area contributed by atoms with Crippen molar-refractivity contribution in [2.45, 2.75) is 6.92 Å². The molecule has 0 saturated carbocycles. The molecular formula is C21H17ClN2O2. The summed E-state index contributed by atoms with van der Waals surface area (Å²) in [5, 5.41) is 14.6. The average Bonchev–Trinajstić information content (AvgIpc) is 2.63. The Morgan fingerprint density at radius 1 is 0.923 bits per heavy atom. The van der Waals surface area contributed by atoms with Gasteiger partial charge in [-0.2, -0.15) is 0 Å². The summed E-state index contributed by atoms with van der Waals surface area (Å²) >= 11 is 0. The highest BCUT2D eigenvalue weighted by Gasteiger charge is 2.11. The third kappa shape index (κ3) is 3.07. The van der Waals surface area contributed by atoms with Crippen molar-refractivity contribution in [3.05, 3.63) is 77.9 Å². The normalized spacial score (nSPS) is 10.5. The van der Waals surface area contributed by atoms with Gasteiger partial charge in [0.05, 0.1) is 22.3 Å². The summed E-state index contributed by atoms with van der Waals surface area (Å²) in [5.74, 6) is -0.929. The summed E-state index contributed by atoms with van der Waals surface area (Å²) in [5.41, 5.74) is 5.09. The first-order valence-electron chi connectivity index (χ1n) is 8.02. The molecule has 2 N–H and O–H groups in total. The van der Waals surface area contributed by atoms with Crippen molar-refractivity contribution in [3.8, 4) is 0 Å². The minimum Gasteiger partial charge on any atom is -0.478 e. The van der Waals surface area contributed by atoms with Gasteiger partial charge in [-0.1, -0.05) is 36.4 Å². The first-order chi connectivity index (χ1) is 12.1. The second-order valence-electron chi connectivity index (χ2n) is 5.98. The predicted molar refractivity (Wildman–Crippen MR) is 108 cm³/mol. The largest absolute Gasteiger partial charge is 0.478 e. The number of para-hydroxylation sites is 2. The van der Waals surface area contributed by atoms with Crippen LogP contribution in [0.3, 0.4) is 0 Å². The van der Waals surface area contributed by atoms with Gasteiger partial charge in [-0.25, -0.2) is 9.78 Å². The molecule has 0 saturated heterocycles. The van der Waals surface area contributed by atoms with Crippen LogP contribution in [0.5, 0.6) is 0 Å². The van der Waals surface area contributed by atoms with Crippen LogP contribution in [0.2, 0.25) is 0 Å². The number of aromatic nitrogens is 1. The minimum atomic E-state index is -0.929. The Labute approximate surface area is 156 Å². The molecule has 130 valence electrons. The van der Waals surface area contributed by atoms with Gasteiger partial charge in [0.2, 0.25) is 0 Å². The molecule has 3 aromatic carbocycles. The number of carboxylic acid groups (broad SMARTS) is 1. The molecule has 4 nitrogen and oxygen atoms in total. The van der Waals surface area contributed by atoms with Gasteiger partial charge in [-0.3, -0.25) is 0 Å². The van der Waals surface area contributed by atoms with E-state index in [2.05, 4.69) is 24.4 Å². The van der Waals surface area contributed by atoms with E-state index in [0.29, 0.717) is 0 Å². The zero-order valence-electron chi connectivity index (χ0n) is 14.1. The lowest BCUT2D eigenvalue weighted by atomic mass is 10.0. The lowest BCUT2D eigenvalue weighted by molar-refractivity contribution is 0.0697. The molecule has 0 radical (unpaired) electrons. The molecule has 0 fully saturated rings. The zero-order chi connectivity index (χ0) is 17.4. The second kappa shape index (κ2) is 7.02. The Hall–Kier alpha value is -3.11. The fourth-order valence-corrected chi connectivity index (χ4v) is 3.03. The fraction of sp³-hybridized carbons (Fsp3) is 0.0476. The van der Waals surface area contributed by atoms with Crippen LogP contribution in [0.4, 0.5) is 11.4 Å². The molecule has 0 unspecified atom stereocenters. The third-order valence-electron chi connectivity index (χ3n) is 4.31. The number of hydrogen-bond donors (Lipinski definition) is 2. The minimum absolute atomic E-state index is 0. The van der Waals surface area contributed by atoms with Crippen LogP contribution in [0, 0.1) is 6.92 Å². The van der Waals surface area contributed by atoms with Crippen molar-refractivity contribution in [1.29, 1.82) is 0 Å². The SMILES string of the molecule is Cc1cccc2c(Nc3ccc(C(=O)O)cc3)c3ccccc3nc12.Cl. The maximum Gasteiger partial charge on any atom is 0.335 e. The molecule has 1 aromatic heterocycles. The van der Waals surface area contributed by atoms with Gasteiger partial charge < -0.3 is 10.4 Å². The molecule has 0 bridgehead atoms. The number of aromatic carboxylic acids is 1. The topological polar surface area (TPSA) is 62.2 Å². The van der Waals surface area contributed by atoms with Gasteiger partial charge in [-0.05, 0) is 42.8 Å². The first-order valence-corrected chi connectivity index (χ1v) is 8.02. The molecular weight excluding hydrogens is 348 g/mol. The lowest BCUT2D eigenvalue weighted by Crippen LogP contribution is -1.98. The maximum absolute atomic E-state index is 11.0. The number of carboxylic acids is 1. The van der Waals surface area contributed by atoms with Gasteiger partial charge in [-0.15, -0.1) is 12.4 Å². The quantitative estimate of drug-likeness (QED) is 0.467. The van der Waals surface area contributed by atoms with E-state index in [-0.39, 0.29) is 18.0 Å². The van der Waals surface area contributed by atoms with Crippen LogP contribution in [0.25, 0.3) is 21.8 Å². The third-order valence-corrected chi connectivity index (χ3v) is 4.31. The highest BCUT2D eigenvalue weighted by atomic mass is 35.5. The Morgan fingerprint density at radius 2 is 1.62 bits per heavy atom. The summed E-state index contributed by atoms with van der Waals surface area (Å²) in [6.07, 6.45) is 0. The van der Waals surface area contributed by atoms with Gasteiger partial charge >= 0.3 is 5.97 Å². The van der Waals surface area contributed by atoms with E-state index >= 15 is 0 Å². The number of anilines is 2. The smallest absolute Gasteiger partial charge is 0.335 e. The first kappa shape index (κ1) is 17.7. The maximum atomic E-state index is 11.0. The number of rotatable bonds is 3. The lowest BCUT2D eigenvalue weighted by Gasteiger charge is -2.14. The monoisotopic (exact) mass is 364 g/mol. The summed E-state index contributed by atoms with van der Waals surface area (Å²) in [6, 6.07) is 20.9. The molecule has 0 atom stereocenters. The van der Waals surface area contributed by atoms with Gasteiger partial charge in [0.15, 0.2) is 0 Å². The molecule has 0 amide bonds. The van der Waals surface area contributed by atoms with Crippen LogP contribution in [-0.2, 0) is 0 Å². The van der Waals surface area contributed by atoms with Crippen LogP contribution < -0.4 is 5.32 Å². The van der Waals surface area contributed by atoms with Crippen LogP contribution >= 0.6 is 12.4 Å². The van der Waals surface area contributed by atoms with E-state index in [1.54, 1.807) is 24.3 Å². The average molecular weight is 365 g/mol. The Morgan fingerprint density at radius 3 is 2.35 bits per heavy atom. The number of aryl methyl sites for hydroxylation is 1. The van der Waals surface area contributed by atoms with Crippen molar-refractivity contribution < 1.29 is 9.90 Å². The number of pyridine rings is 1. The fourth-order valence-electron chi connectivity index (χ4n) is 3.03. The molecule has 4 aromatic rings. The molecule has 26 heavy (non-hydrogen) atoms. The highest BCUT2D eigenvalue weighted by molar-refractivity contribution is 6.09. The van der Waals surface area contributed by atoms with Crippen LogP contribution in [0.1, 0.15) is 15.9 Å². The number of carbonyl (C=O) groups is 1. The van der Waals surface area contributed by atoms with Crippen molar-refractivity contribution in [1.82, 2.24) is 4.98 Å². The number of nitrogens with one attached hydrogen (secondary N) is 1.